The molecular formula is C8H6F2N2O. The number of hydrogen-bond donors (Lipinski definition) is 1. The summed E-state index contributed by atoms with van der Waals surface area (Å²) in [6, 6.07) is 5.60. The summed E-state index contributed by atoms with van der Waals surface area (Å²) in [7, 11) is 0. The Morgan fingerprint density at radius 1 is 1.46 bits per heavy atom. The lowest BCUT2D eigenvalue weighted by molar-refractivity contribution is -0.0500. The van der Waals surface area contributed by atoms with Crippen LogP contribution < -0.4 is 10.5 Å². The number of alkyl halides is 2. The molecule has 0 amide bonds. The molecule has 2 N–H and O–H groups in total. The monoisotopic (exact) mass is 184 g/mol. The molecule has 0 saturated carbocycles. The van der Waals surface area contributed by atoms with E-state index in [2.05, 4.69) is 4.74 Å². The number of benzene rings is 1. The van der Waals surface area contributed by atoms with E-state index >= 15 is 0 Å². The van der Waals surface area contributed by atoms with Gasteiger partial charge in [-0.15, -0.1) is 0 Å². The molecule has 0 aliphatic heterocycles. The van der Waals surface area contributed by atoms with Gasteiger partial charge in [0.05, 0.1) is 5.56 Å². The Labute approximate surface area is 73.3 Å². The second-order valence-electron chi connectivity index (χ2n) is 2.25. The Hall–Kier alpha value is -1.83. The van der Waals surface area contributed by atoms with Gasteiger partial charge in [-0.1, -0.05) is 0 Å². The molecular weight excluding hydrogens is 178 g/mol. The number of nitrogen functional groups attached to an aromatic ring is 1. The number of ether oxygens (including phenoxy) is 1. The summed E-state index contributed by atoms with van der Waals surface area (Å²) in [6.07, 6.45) is 0. The highest BCUT2D eigenvalue weighted by molar-refractivity contribution is 5.53. The van der Waals surface area contributed by atoms with E-state index in [4.69, 9.17) is 11.0 Å². The molecule has 1 aromatic rings. The van der Waals surface area contributed by atoms with Crippen molar-refractivity contribution in [1.29, 1.82) is 5.26 Å². The third-order valence-electron chi connectivity index (χ3n) is 1.34. The fraction of sp³-hybridized carbons (Fsp3) is 0.125. The summed E-state index contributed by atoms with van der Waals surface area (Å²) in [6.45, 7) is -2.93. The van der Waals surface area contributed by atoms with E-state index in [1.165, 1.54) is 18.2 Å². The first-order chi connectivity index (χ1) is 6.13. The van der Waals surface area contributed by atoms with Gasteiger partial charge < -0.3 is 10.5 Å². The van der Waals surface area contributed by atoms with E-state index < -0.39 is 6.61 Å². The van der Waals surface area contributed by atoms with Crippen LogP contribution in [0.25, 0.3) is 0 Å². The summed E-state index contributed by atoms with van der Waals surface area (Å²) in [5, 5.41) is 8.53. The molecule has 0 unspecified atom stereocenters. The predicted molar refractivity (Wildman–Crippen MR) is 42.2 cm³/mol. The molecule has 0 atom stereocenters. The van der Waals surface area contributed by atoms with E-state index in [1.807, 2.05) is 0 Å². The number of halogens is 2. The minimum Gasteiger partial charge on any atom is -0.433 e. The zero-order valence-corrected chi connectivity index (χ0v) is 6.50. The van der Waals surface area contributed by atoms with Crippen LogP contribution in [0.15, 0.2) is 18.2 Å². The molecule has 68 valence electrons. The van der Waals surface area contributed by atoms with Crippen molar-refractivity contribution in [2.24, 2.45) is 0 Å². The standard InChI is InChI=1S/C8H6F2N2O/c9-8(10)13-7-2-1-6(12)3-5(7)4-11/h1-3,8H,12H2. The molecule has 0 spiro atoms. The van der Waals surface area contributed by atoms with Gasteiger partial charge in [0.2, 0.25) is 0 Å². The Balaban J connectivity index is 3.01. The topological polar surface area (TPSA) is 59.0 Å². The summed E-state index contributed by atoms with van der Waals surface area (Å²) in [4.78, 5) is 0. The first-order valence-corrected chi connectivity index (χ1v) is 3.38. The highest BCUT2D eigenvalue weighted by Crippen LogP contribution is 2.21. The molecule has 0 aromatic heterocycles. The van der Waals surface area contributed by atoms with Crippen LogP contribution in [0.1, 0.15) is 5.56 Å². The lowest BCUT2D eigenvalue weighted by atomic mass is 10.2. The van der Waals surface area contributed by atoms with Crippen LogP contribution in [-0.4, -0.2) is 6.61 Å². The molecule has 0 heterocycles. The molecule has 13 heavy (non-hydrogen) atoms. The van der Waals surface area contributed by atoms with Crippen LogP contribution in [0.4, 0.5) is 14.5 Å². The number of nitrogens with two attached hydrogens (primary N) is 1. The number of hydrogen-bond acceptors (Lipinski definition) is 3. The van der Waals surface area contributed by atoms with Crippen molar-refractivity contribution in [3.8, 4) is 11.8 Å². The molecule has 0 fully saturated rings. The smallest absolute Gasteiger partial charge is 0.387 e. The predicted octanol–water partition coefficient (Wildman–Crippen LogP) is 1.74. The number of rotatable bonds is 2. The number of anilines is 1. The molecule has 0 bridgehead atoms. The lowest BCUT2D eigenvalue weighted by Crippen LogP contribution is -2.03. The van der Waals surface area contributed by atoms with Crippen LogP contribution in [0.3, 0.4) is 0 Å². The quantitative estimate of drug-likeness (QED) is 0.712. The van der Waals surface area contributed by atoms with E-state index in [0.29, 0.717) is 5.69 Å². The van der Waals surface area contributed by atoms with Crippen molar-refractivity contribution < 1.29 is 13.5 Å². The molecule has 0 aliphatic rings. The highest BCUT2D eigenvalue weighted by atomic mass is 19.3. The van der Waals surface area contributed by atoms with Gasteiger partial charge in [-0.3, -0.25) is 0 Å². The van der Waals surface area contributed by atoms with Crippen LogP contribution in [0, 0.1) is 11.3 Å². The van der Waals surface area contributed by atoms with E-state index in [-0.39, 0.29) is 11.3 Å². The average Bonchev–Trinajstić information content (AvgIpc) is 2.07. The van der Waals surface area contributed by atoms with Gasteiger partial charge in [0.15, 0.2) is 0 Å². The van der Waals surface area contributed by atoms with Crippen LogP contribution in [0.2, 0.25) is 0 Å². The first-order valence-electron chi connectivity index (χ1n) is 3.38. The zero-order chi connectivity index (χ0) is 9.84. The van der Waals surface area contributed by atoms with E-state index in [1.54, 1.807) is 6.07 Å². The third kappa shape index (κ3) is 2.30. The molecule has 1 rings (SSSR count). The van der Waals surface area contributed by atoms with Gasteiger partial charge in [0, 0.05) is 5.69 Å². The SMILES string of the molecule is N#Cc1cc(N)ccc1OC(F)F. The summed E-state index contributed by atoms with van der Waals surface area (Å²) in [5.74, 6) is -0.160. The second kappa shape index (κ2) is 3.72. The van der Waals surface area contributed by atoms with Crippen LogP contribution in [0.5, 0.6) is 5.75 Å². The Morgan fingerprint density at radius 2 is 2.15 bits per heavy atom. The number of nitrogens with zero attached hydrogens (tertiary/aromatic N) is 1. The molecule has 0 saturated heterocycles. The minimum absolute atomic E-state index is 0.000278. The van der Waals surface area contributed by atoms with Gasteiger partial charge in [0.1, 0.15) is 11.8 Å². The van der Waals surface area contributed by atoms with Gasteiger partial charge in [-0.25, -0.2) is 0 Å². The molecule has 5 heteroatoms. The normalized spacial score (nSPS) is 9.69. The van der Waals surface area contributed by atoms with Gasteiger partial charge >= 0.3 is 6.61 Å². The van der Waals surface area contributed by atoms with E-state index in [9.17, 15) is 8.78 Å². The maximum Gasteiger partial charge on any atom is 0.387 e. The van der Waals surface area contributed by atoms with Gasteiger partial charge in [0.25, 0.3) is 0 Å². The Morgan fingerprint density at radius 3 is 2.69 bits per heavy atom. The van der Waals surface area contributed by atoms with Gasteiger partial charge in [-0.2, -0.15) is 14.0 Å². The average molecular weight is 184 g/mol. The lowest BCUT2D eigenvalue weighted by Gasteiger charge is -2.05. The first kappa shape index (κ1) is 9.26. The van der Waals surface area contributed by atoms with Crippen LogP contribution in [-0.2, 0) is 0 Å². The van der Waals surface area contributed by atoms with Crippen molar-refractivity contribution in [2.75, 3.05) is 5.73 Å². The second-order valence-corrected chi connectivity index (χ2v) is 2.25. The maximum absolute atomic E-state index is 11.8. The zero-order valence-electron chi connectivity index (χ0n) is 6.50. The fourth-order valence-corrected chi connectivity index (χ4v) is 0.834. The summed E-state index contributed by atoms with van der Waals surface area (Å²) >= 11 is 0. The van der Waals surface area contributed by atoms with Gasteiger partial charge in [-0.05, 0) is 18.2 Å². The maximum atomic E-state index is 11.8. The highest BCUT2D eigenvalue weighted by Gasteiger charge is 2.08. The summed E-state index contributed by atoms with van der Waals surface area (Å²) < 4.78 is 27.6. The van der Waals surface area contributed by atoms with Crippen molar-refractivity contribution in [1.82, 2.24) is 0 Å². The molecule has 1 aromatic carbocycles. The summed E-state index contributed by atoms with van der Waals surface area (Å²) in [5.41, 5.74) is 5.67. The minimum atomic E-state index is -2.93. The third-order valence-corrected chi connectivity index (χ3v) is 1.34. The Kier molecular flexibility index (Phi) is 2.65. The van der Waals surface area contributed by atoms with Crippen LogP contribution >= 0.6 is 0 Å². The molecule has 0 aliphatic carbocycles. The Bertz CT molecular complexity index is 346. The largest absolute Gasteiger partial charge is 0.433 e. The molecule has 0 radical (unpaired) electrons. The van der Waals surface area contributed by atoms with Crippen molar-refractivity contribution >= 4 is 5.69 Å². The fourth-order valence-electron chi connectivity index (χ4n) is 0.834. The molecule has 3 nitrogen and oxygen atoms in total. The van der Waals surface area contributed by atoms with Crippen molar-refractivity contribution in [3.05, 3.63) is 23.8 Å². The number of nitriles is 1. The van der Waals surface area contributed by atoms with Crippen molar-refractivity contribution in [3.63, 3.8) is 0 Å². The van der Waals surface area contributed by atoms with E-state index in [0.717, 1.165) is 0 Å². The van der Waals surface area contributed by atoms with Crippen molar-refractivity contribution in [2.45, 2.75) is 6.61 Å².